The van der Waals surface area contributed by atoms with Crippen LogP contribution in [0.2, 0.25) is 0 Å². The number of benzene rings is 1. The Labute approximate surface area is 90.1 Å². The Hall–Kier alpha value is -1.35. The van der Waals surface area contributed by atoms with E-state index in [2.05, 4.69) is 5.32 Å². The smallest absolute Gasteiger partial charge is 0.323 e. The molecule has 1 aromatic rings. The number of nitrogens with one attached hydrogen (secondary N) is 1. The highest BCUT2D eigenvalue weighted by Gasteiger charge is 2.28. The molecule has 0 saturated heterocycles. The van der Waals surface area contributed by atoms with Crippen LogP contribution in [0.25, 0.3) is 0 Å². The fourth-order valence-corrected chi connectivity index (χ4v) is 1.43. The SMILES string of the molecule is CC(NC(C)(C)C(=O)O)c1ccccc1. The zero-order valence-corrected chi connectivity index (χ0v) is 9.32. The highest BCUT2D eigenvalue weighted by atomic mass is 16.4. The Morgan fingerprint density at radius 2 is 1.87 bits per heavy atom. The van der Waals surface area contributed by atoms with Gasteiger partial charge in [0.15, 0.2) is 0 Å². The maximum atomic E-state index is 10.9. The first kappa shape index (κ1) is 11.7. The summed E-state index contributed by atoms with van der Waals surface area (Å²) in [4.78, 5) is 10.9. The first-order valence-corrected chi connectivity index (χ1v) is 4.99. The summed E-state index contributed by atoms with van der Waals surface area (Å²) in [6.45, 7) is 5.28. The molecule has 0 bridgehead atoms. The zero-order valence-electron chi connectivity index (χ0n) is 9.32. The van der Waals surface area contributed by atoms with Crippen LogP contribution in [0, 0.1) is 0 Å². The molecule has 82 valence electrons. The van der Waals surface area contributed by atoms with Gasteiger partial charge in [0.25, 0.3) is 0 Å². The highest BCUT2D eigenvalue weighted by Crippen LogP contribution is 2.15. The van der Waals surface area contributed by atoms with Crippen molar-refractivity contribution in [3.8, 4) is 0 Å². The molecule has 3 heteroatoms. The number of carboxylic acids is 1. The Kier molecular flexibility index (Phi) is 3.48. The molecule has 0 radical (unpaired) electrons. The Bertz CT molecular complexity index is 333. The first-order chi connectivity index (χ1) is 6.93. The minimum absolute atomic E-state index is 0.0253. The number of aliphatic carboxylic acids is 1. The molecule has 3 nitrogen and oxygen atoms in total. The van der Waals surface area contributed by atoms with Gasteiger partial charge in [-0.05, 0) is 26.3 Å². The molecule has 0 fully saturated rings. The molecule has 1 aromatic carbocycles. The van der Waals surface area contributed by atoms with Crippen LogP contribution in [0.1, 0.15) is 32.4 Å². The summed E-state index contributed by atoms with van der Waals surface area (Å²) in [5.74, 6) is -0.842. The molecule has 0 saturated carbocycles. The maximum Gasteiger partial charge on any atom is 0.323 e. The van der Waals surface area contributed by atoms with Crippen molar-refractivity contribution in [2.75, 3.05) is 0 Å². The minimum atomic E-state index is -0.907. The van der Waals surface area contributed by atoms with E-state index in [1.807, 2.05) is 37.3 Å². The minimum Gasteiger partial charge on any atom is -0.480 e. The third-order valence-corrected chi connectivity index (χ3v) is 2.41. The molecular formula is C12H17NO2. The Morgan fingerprint density at radius 1 is 1.33 bits per heavy atom. The van der Waals surface area contributed by atoms with Gasteiger partial charge in [0.2, 0.25) is 0 Å². The van der Waals surface area contributed by atoms with E-state index in [0.29, 0.717) is 0 Å². The van der Waals surface area contributed by atoms with Gasteiger partial charge >= 0.3 is 5.97 Å². The zero-order chi connectivity index (χ0) is 11.5. The van der Waals surface area contributed by atoms with Gasteiger partial charge in [0.05, 0.1) is 0 Å². The van der Waals surface area contributed by atoms with Crippen LogP contribution < -0.4 is 5.32 Å². The van der Waals surface area contributed by atoms with Crippen LogP contribution in [0.15, 0.2) is 30.3 Å². The van der Waals surface area contributed by atoms with Gasteiger partial charge in [0, 0.05) is 6.04 Å². The van der Waals surface area contributed by atoms with Crippen molar-refractivity contribution in [2.24, 2.45) is 0 Å². The molecule has 0 aliphatic rings. The Morgan fingerprint density at radius 3 is 2.33 bits per heavy atom. The predicted molar refractivity (Wildman–Crippen MR) is 59.7 cm³/mol. The highest BCUT2D eigenvalue weighted by molar-refractivity contribution is 5.77. The number of carbonyl (C=O) groups is 1. The predicted octanol–water partition coefficient (Wildman–Crippen LogP) is 2.20. The third kappa shape index (κ3) is 3.06. The largest absolute Gasteiger partial charge is 0.480 e. The molecule has 15 heavy (non-hydrogen) atoms. The van der Waals surface area contributed by atoms with E-state index in [-0.39, 0.29) is 6.04 Å². The van der Waals surface area contributed by atoms with E-state index >= 15 is 0 Å². The van der Waals surface area contributed by atoms with Gasteiger partial charge < -0.3 is 5.11 Å². The second kappa shape index (κ2) is 4.45. The summed E-state index contributed by atoms with van der Waals surface area (Å²) < 4.78 is 0. The monoisotopic (exact) mass is 207 g/mol. The molecule has 0 amide bonds. The lowest BCUT2D eigenvalue weighted by Gasteiger charge is -2.26. The van der Waals surface area contributed by atoms with Gasteiger partial charge in [-0.25, -0.2) is 0 Å². The van der Waals surface area contributed by atoms with Crippen molar-refractivity contribution in [3.05, 3.63) is 35.9 Å². The van der Waals surface area contributed by atoms with Crippen molar-refractivity contribution in [1.82, 2.24) is 5.32 Å². The summed E-state index contributed by atoms with van der Waals surface area (Å²) in [6.07, 6.45) is 0. The molecule has 0 aromatic heterocycles. The first-order valence-electron chi connectivity index (χ1n) is 4.99. The lowest BCUT2D eigenvalue weighted by atomic mass is 10.0. The third-order valence-electron chi connectivity index (χ3n) is 2.41. The van der Waals surface area contributed by atoms with Crippen LogP contribution in [-0.2, 0) is 4.79 Å². The molecule has 0 spiro atoms. The van der Waals surface area contributed by atoms with Crippen LogP contribution in [0.4, 0.5) is 0 Å². The van der Waals surface area contributed by atoms with Crippen molar-refractivity contribution < 1.29 is 9.90 Å². The van der Waals surface area contributed by atoms with Gasteiger partial charge in [-0.1, -0.05) is 30.3 Å². The molecule has 1 unspecified atom stereocenters. The average Bonchev–Trinajstić information content (AvgIpc) is 2.18. The molecule has 0 aliphatic carbocycles. The van der Waals surface area contributed by atoms with Gasteiger partial charge in [-0.2, -0.15) is 0 Å². The number of hydrogen-bond donors (Lipinski definition) is 2. The van der Waals surface area contributed by atoms with Gasteiger partial charge in [-0.3, -0.25) is 10.1 Å². The molecule has 2 N–H and O–H groups in total. The van der Waals surface area contributed by atoms with E-state index < -0.39 is 11.5 Å². The van der Waals surface area contributed by atoms with Crippen molar-refractivity contribution in [1.29, 1.82) is 0 Å². The normalized spacial score (nSPS) is 13.5. The molecular weight excluding hydrogens is 190 g/mol. The lowest BCUT2D eigenvalue weighted by Crippen LogP contribution is -2.47. The maximum absolute atomic E-state index is 10.9. The molecule has 1 rings (SSSR count). The van der Waals surface area contributed by atoms with E-state index in [4.69, 9.17) is 5.11 Å². The molecule has 1 atom stereocenters. The summed E-state index contributed by atoms with van der Waals surface area (Å²) >= 11 is 0. The number of hydrogen-bond acceptors (Lipinski definition) is 2. The summed E-state index contributed by atoms with van der Waals surface area (Å²) in [5.41, 5.74) is 0.182. The van der Waals surface area contributed by atoms with E-state index in [9.17, 15) is 4.79 Å². The van der Waals surface area contributed by atoms with E-state index in [1.165, 1.54) is 0 Å². The second-order valence-electron chi connectivity index (χ2n) is 4.21. The van der Waals surface area contributed by atoms with Crippen LogP contribution in [-0.4, -0.2) is 16.6 Å². The number of rotatable bonds is 4. The van der Waals surface area contributed by atoms with Crippen molar-refractivity contribution in [3.63, 3.8) is 0 Å². The van der Waals surface area contributed by atoms with Crippen molar-refractivity contribution in [2.45, 2.75) is 32.4 Å². The van der Waals surface area contributed by atoms with Crippen molar-refractivity contribution >= 4 is 5.97 Å². The van der Waals surface area contributed by atoms with Crippen LogP contribution in [0.5, 0.6) is 0 Å². The van der Waals surface area contributed by atoms with Crippen LogP contribution >= 0.6 is 0 Å². The second-order valence-corrected chi connectivity index (χ2v) is 4.21. The van der Waals surface area contributed by atoms with Gasteiger partial charge in [-0.15, -0.1) is 0 Å². The average molecular weight is 207 g/mol. The summed E-state index contributed by atoms with van der Waals surface area (Å²) in [6, 6.07) is 9.82. The fourth-order valence-electron chi connectivity index (χ4n) is 1.43. The van der Waals surface area contributed by atoms with Gasteiger partial charge in [0.1, 0.15) is 5.54 Å². The van der Waals surface area contributed by atoms with Crippen LogP contribution in [0.3, 0.4) is 0 Å². The standard InChI is InChI=1S/C12H17NO2/c1-9(10-7-5-4-6-8-10)13-12(2,3)11(14)15/h4-9,13H,1-3H3,(H,14,15). The number of carboxylic acid groups (broad SMARTS) is 1. The van der Waals surface area contributed by atoms with E-state index in [0.717, 1.165) is 5.56 Å². The fraction of sp³-hybridized carbons (Fsp3) is 0.417. The quantitative estimate of drug-likeness (QED) is 0.795. The lowest BCUT2D eigenvalue weighted by molar-refractivity contribution is -0.143. The van der Waals surface area contributed by atoms with E-state index in [1.54, 1.807) is 13.8 Å². The molecule has 0 heterocycles. The topological polar surface area (TPSA) is 49.3 Å². The molecule has 0 aliphatic heterocycles. The summed E-state index contributed by atoms with van der Waals surface area (Å²) in [5, 5.41) is 12.0. The Balaban J connectivity index is 2.72. The summed E-state index contributed by atoms with van der Waals surface area (Å²) in [7, 11) is 0.